The van der Waals surface area contributed by atoms with Gasteiger partial charge < -0.3 is 24.1 Å². The standard InChI is InChI=1S/C30H36O5/c1-3-26(32-19-23-13-7-4-8-14-23)27-22(2)28(33-20-24-15-9-5-10-16-24)29(30(31)35-27)34-21-25-17-11-6-12-18-25/h4-18,22,26-31H,3,19-21H2,1-2H3/t22-,26-,27+,28+,29+,30?/m1/s1. The molecule has 1 fully saturated rings. The zero-order chi connectivity index (χ0) is 24.5. The molecule has 6 atom stereocenters. The fourth-order valence-corrected chi connectivity index (χ4v) is 4.62. The summed E-state index contributed by atoms with van der Waals surface area (Å²) in [5.41, 5.74) is 3.22. The lowest BCUT2D eigenvalue weighted by atomic mass is 9.86. The van der Waals surface area contributed by atoms with Gasteiger partial charge in [0.2, 0.25) is 0 Å². The van der Waals surface area contributed by atoms with Gasteiger partial charge in [-0.15, -0.1) is 0 Å². The minimum atomic E-state index is -1.12. The average Bonchev–Trinajstić information content (AvgIpc) is 2.91. The van der Waals surface area contributed by atoms with E-state index in [1.807, 2.05) is 91.0 Å². The summed E-state index contributed by atoms with van der Waals surface area (Å²) in [6, 6.07) is 30.1. The van der Waals surface area contributed by atoms with Crippen LogP contribution in [-0.2, 0) is 38.8 Å². The third kappa shape index (κ3) is 7.00. The molecule has 0 aromatic heterocycles. The third-order valence-corrected chi connectivity index (χ3v) is 6.58. The van der Waals surface area contributed by atoms with Crippen LogP contribution in [0.15, 0.2) is 91.0 Å². The van der Waals surface area contributed by atoms with Crippen LogP contribution in [0.2, 0.25) is 0 Å². The minimum Gasteiger partial charge on any atom is -0.371 e. The summed E-state index contributed by atoms with van der Waals surface area (Å²) in [4.78, 5) is 0. The molecular formula is C30H36O5. The van der Waals surface area contributed by atoms with Gasteiger partial charge in [-0.1, -0.05) is 105 Å². The highest BCUT2D eigenvalue weighted by Crippen LogP contribution is 2.34. The largest absolute Gasteiger partial charge is 0.371 e. The predicted molar refractivity (Wildman–Crippen MR) is 135 cm³/mol. The van der Waals surface area contributed by atoms with Gasteiger partial charge in [-0.2, -0.15) is 0 Å². The topological polar surface area (TPSA) is 57.2 Å². The van der Waals surface area contributed by atoms with Crippen molar-refractivity contribution in [2.24, 2.45) is 5.92 Å². The molecule has 1 aliphatic heterocycles. The first-order valence-corrected chi connectivity index (χ1v) is 12.5. The van der Waals surface area contributed by atoms with Crippen molar-refractivity contribution in [3.63, 3.8) is 0 Å². The Morgan fingerprint density at radius 1 is 0.714 bits per heavy atom. The molecule has 0 bridgehead atoms. The van der Waals surface area contributed by atoms with Crippen LogP contribution in [0.3, 0.4) is 0 Å². The van der Waals surface area contributed by atoms with E-state index in [9.17, 15) is 5.11 Å². The second-order valence-electron chi connectivity index (χ2n) is 9.12. The SMILES string of the molecule is CC[C@@H](OCc1ccccc1)[C@H]1OC(O)[C@@H](OCc2ccccc2)[C@@H](OCc2ccccc2)[C@@H]1C. The zero-order valence-electron chi connectivity index (χ0n) is 20.5. The first-order chi connectivity index (χ1) is 17.2. The van der Waals surface area contributed by atoms with Gasteiger partial charge in [-0.05, 0) is 23.1 Å². The second kappa shape index (κ2) is 13.0. The van der Waals surface area contributed by atoms with Crippen LogP contribution in [0, 0.1) is 5.92 Å². The van der Waals surface area contributed by atoms with E-state index in [4.69, 9.17) is 18.9 Å². The molecular weight excluding hydrogens is 440 g/mol. The molecule has 35 heavy (non-hydrogen) atoms. The normalized spacial score (nSPS) is 25.3. The molecule has 5 heteroatoms. The van der Waals surface area contributed by atoms with Gasteiger partial charge in [0.15, 0.2) is 6.29 Å². The lowest BCUT2D eigenvalue weighted by Gasteiger charge is -2.45. The number of aliphatic hydroxyl groups excluding tert-OH is 1. The van der Waals surface area contributed by atoms with E-state index >= 15 is 0 Å². The Labute approximate surface area is 208 Å². The van der Waals surface area contributed by atoms with Crippen molar-refractivity contribution in [1.82, 2.24) is 0 Å². The Kier molecular flexibility index (Phi) is 9.46. The summed E-state index contributed by atoms with van der Waals surface area (Å²) in [5, 5.41) is 11.0. The Morgan fingerprint density at radius 3 is 1.66 bits per heavy atom. The fraction of sp³-hybridized carbons (Fsp3) is 0.400. The van der Waals surface area contributed by atoms with Gasteiger partial charge in [0, 0.05) is 5.92 Å². The smallest absolute Gasteiger partial charge is 0.184 e. The molecule has 1 aliphatic rings. The van der Waals surface area contributed by atoms with Crippen molar-refractivity contribution < 1.29 is 24.1 Å². The van der Waals surface area contributed by atoms with Crippen molar-refractivity contribution in [3.8, 4) is 0 Å². The summed E-state index contributed by atoms with van der Waals surface area (Å²) < 4.78 is 25.1. The van der Waals surface area contributed by atoms with Crippen LogP contribution in [0.25, 0.3) is 0 Å². The molecule has 1 saturated heterocycles. The van der Waals surface area contributed by atoms with Crippen LogP contribution in [-0.4, -0.2) is 35.8 Å². The highest BCUT2D eigenvalue weighted by atomic mass is 16.7. The maximum atomic E-state index is 11.0. The van der Waals surface area contributed by atoms with Gasteiger partial charge in [0.25, 0.3) is 0 Å². The molecule has 1 heterocycles. The van der Waals surface area contributed by atoms with Crippen LogP contribution >= 0.6 is 0 Å². The highest BCUT2D eigenvalue weighted by molar-refractivity contribution is 5.15. The van der Waals surface area contributed by atoms with E-state index in [0.29, 0.717) is 19.8 Å². The molecule has 186 valence electrons. The van der Waals surface area contributed by atoms with E-state index in [0.717, 1.165) is 23.1 Å². The molecule has 0 saturated carbocycles. The monoisotopic (exact) mass is 476 g/mol. The Hall–Kier alpha value is -2.54. The van der Waals surface area contributed by atoms with E-state index in [-0.39, 0.29) is 24.2 Å². The Balaban J connectivity index is 1.48. The summed E-state index contributed by atoms with van der Waals surface area (Å²) in [6.07, 6.45) is -1.84. The van der Waals surface area contributed by atoms with E-state index in [2.05, 4.69) is 13.8 Å². The first-order valence-electron chi connectivity index (χ1n) is 12.5. The van der Waals surface area contributed by atoms with E-state index < -0.39 is 12.4 Å². The van der Waals surface area contributed by atoms with E-state index in [1.54, 1.807) is 0 Å². The number of ether oxygens (including phenoxy) is 4. The summed E-state index contributed by atoms with van der Waals surface area (Å²) >= 11 is 0. The Morgan fingerprint density at radius 2 is 1.17 bits per heavy atom. The second-order valence-corrected chi connectivity index (χ2v) is 9.12. The lowest BCUT2D eigenvalue weighted by molar-refractivity contribution is -0.305. The molecule has 3 aromatic carbocycles. The molecule has 4 rings (SSSR count). The molecule has 3 aromatic rings. The quantitative estimate of drug-likeness (QED) is 0.396. The molecule has 5 nitrogen and oxygen atoms in total. The minimum absolute atomic E-state index is 0.0522. The zero-order valence-corrected chi connectivity index (χ0v) is 20.5. The van der Waals surface area contributed by atoms with Crippen molar-refractivity contribution in [2.75, 3.05) is 0 Å². The molecule has 0 aliphatic carbocycles. The number of benzene rings is 3. The van der Waals surface area contributed by atoms with Gasteiger partial charge in [-0.25, -0.2) is 0 Å². The van der Waals surface area contributed by atoms with Gasteiger partial charge in [-0.3, -0.25) is 0 Å². The summed E-state index contributed by atoms with van der Waals surface area (Å²) in [5.74, 6) is -0.0522. The molecule has 0 radical (unpaired) electrons. The van der Waals surface area contributed by atoms with Crippen molar-refractivity contribution in [3.05, 3.63) is 108 Å². The number of hydrogen-bond acceptors (Lipinski definition) is 5. The van der Waals surface area contributed by atoms with Crippen molar-refractivity contribution in [2.45, 2.75) is 70.8 Å². The van der Waals surface area contributed by atoms with Crippen LogP contribution < -0.4 is 0 Å². The Bertz CT molecular complexity index is 981. The van der Waals surface area contributed by atoms with Gasteiger partial charge in [0.1, 0.15) is 6.10 Å². The van der Waals surface area contributed by atoms with Crippen molar-refractivity contribution in [1.29, 1.82) is 0 Å². The van der Waals surface area contributed by atoms with Crippen LogP contribution in [0.1, 0.15) is 37.0 Å². The lowest BCUT2D eigenvalue weighted by Crippen LogP contribution is -2.58. The molecule has 1 N–H and O–H groups in total. The van der Waals surface area contributed by atoms with E-state index in [1.165, 1.54) is 0 Å². The molecule has 0 spiro atoms. The highest BCUT2D eigenvalue weighted by Gasteiger charge is 2.47. The number of rotatable bonds is 11. The number of hydrogen-bond donors (Lipinski definition) is 1. The van der Waals surface area contributed by atoms with Crippen LogP contribution in [0.4, 0.5) is 0 Å². The third-order valence-electron chi connectivity index (χ3n) is 6.58. The predicted octanol–water partition coefficient (Wildman–Crippen LogP) is 5.51. The summed E-state index contributed by atoms with van der Waals surface area (Å²) in [7, 11) is 0. The summed E-state index contributed by atoms with van der Waals surface area (Å²) in [6.45, 7) is 5.47. The fourth-order valence-electron chi connectivity index (χ4n) is 4.62. The first kappa shape index (κ1) is 25.5. The maximum absolute atomic E-state index is 11.0. The van der Waals surface area contributed by atoms with Crippen molar-refractivity contribution >= 4 is 0 Å². The van der Waals surface area contributed by atoms with Gasteiger partial charge in [0.05, 0.1) is 38.1 Å². The van der Waals surface area contributed by atoms with Crippen LogP contribution in [0.5, 0.6) is 0 Å². The van der Waals surface area contributed by atoms with Gasteiger partial charge >= 0.3 is 0 Å². The molecule has 0 amide bonds. The maximum Gasteiger partial charge on any atom is 0.184 e. The average molecular weight is 477 g/mol. The molecule has 1 unspecified atom stereocenters. The number of aliphatic hydroxyl groups is 1.